The lowest BCUT2D eigenvalue weighted by atomic mass is 9.73. The molecule has 214 valence electrons. The molecule has 0 unspecified atom stereocenters. The van der Waals surface area contributed by atoms with Gasteiger partial charge < -0.3 is 36.1 Å². The summed E-state index contributed by atoms with van der Waals surface area (Å²) >= 11 is 0. The first-order chi connectivity index (χ1) is 19.5. The van der Waals surface area contributed by atoms with E-state index in [9.17, 15) is 4.79 Å². The van der Waals surface area contributed by atoms with Crippen LogP contribution in [-0.2, 0) is 0 Å². The summed E-state index contributed by atoms with van der Waals surface area (Å²) in [6, 6.07) is 4.11. The van der Waals surface area contributed by atoms with Crippen LogP contribution in [0.5, 0.6) is 0 Å². The van der Waals surface area contributed by atoms with Gasteiger partial charge in [0, 0.05) is 50.7 Å². The molecular weight excluding hydrogens is 506 g/mol. The van der Waals surface area contributed by atoms with E-state index in [-0.39, 0.29) is 0 Å². The number of nitrogens with one attached hydrogen (secondary N) is 3. The quantitative estimate of drug-likeness (QED) is 0.251. The maximum atomic E-state index is 10.8. The second kappa shape index (κ2) is 11.4. The molecule has 12 heteroatoms. The molecule has 0 atom stereocenters. The Morgan fingerprint density at radius 2 is 1.85 bits per heavy atom. The van der Waals surface area contributed by atoms with Gasteiger partial charge in [-0.05, 0) is 50.8 Å². The zero-order valence-electron chi connectivity index (χ0n) is 23.4. The zero-order valence-corrected chi connectivity index (χ0v) is 23.4. The van der Waals surface area contributed by atoms with Crippen LogP contribution in [0.4, 0.5) is 28.1 Å². The van der Waals surface area contributed by atoms with Crippen molar-refractivity contribution in [3.05, 3.63) is 24.7 Å². The van der Waals surface area contributed by atoms with Crippen molar-refractivity contribution >= 4 is 40.5 Å². The smallest absolute Gasteiger partial charge is 0.312 e. The molecule has 12 nitrogen and oxygen atoms in total. The lowest BCUT2D eigenvalue weighted by Gasteiger charge is -2.60. The standard InChI is InChI=1S/C28H41N11O/c1-2-37-15-28(16-37)17-38(18-28)22-11-10-20(14-32-22)34-24-23-25(39(19-33-23)21-8-4-5-9-21)36-27(35-24)31-13-7-3-6-12-30-26(29)40/h10-11,14,19,21H,2-9,12-13,15-18H2,1H3,(H3,29,30,40)(H2,31,34,35,36). The molecule has 5 N–H and O–H groups in total. The maximum absolute atomic E-state index is 10.8. The van der Waals surface area contributed by atoms with Crippen LogP contribution in [0.25, 0.3) is 11.2 Å². The predicted molar refractivity (Wildman–Crippen MR) is 157 cm³/mol. The van der Waals surface area contributed by atoms with Gasteiger partial charge in [0.15, 0.2) is 17.0 Å². The normalized spacial score (nSPS) is 18.6. The van der Waals surface area contributed by atoms with E-state index >= 15 is 0 Å². The van der Waals surface area contributed by atoms with Gasteiger partial charge in [0.05, 0.1) is 18.2 Å². The van der Waals surface area contributed by atoms with Crippen LogP contribution in [0, 0.1) is 5.41 Å². The summed E-state index contributed by atoms with van der Waals surface area (Å²) < 4.78 is 2.22. The number of nitrogens with two attached hydrogens (primary N) is 1. The molecule has 0 bridgehead atoms. The minimum Gasteiger partial charge on any atom is -0.355 e. The molecule has 2 aliphatic heterocycles. The molecule has 1 spiro atoms. The summed E-state index contributed by atoms with van der Waals surface area (Å²) in [5.41, 5.74) is 8.11. The van der Waals surface area contributed by atoms with Crippen LogP contribution < -0.4 is 26.6 Å². The van der Waals surface area contributed by atoms with Gasteiger partial charge in [0.1, 0.15) is 5.82 Å². The van der Waals surface area contributed by atoms with Crippen LogP contribution in [0.2, 0.25) is 0 Å². The van der Waals surface area contributed by atoms with Gasteiger partial charge in [-0.15, -0.1) is 0 Å². The van der Waals surface area contributed by atoms with Crippen molar-refractivity contribution in [2.24, 2.45) is 11.1 Å². The summed E-state index contributed by atoms with van der Waals surface area (Å²) in [6.07, 6.45) is 11.4. The Morgan fingerprint density at radius 3 is 2.58 bits per heavy atom. The molecule has 1 aliphatic carbocycles. The Bertz CT molecular complexity index is 1300. The number of hydrogen-bond acceptors (Lipinski definition) is 9. The van der Waals surface area contributed by atoms with Gasteiger partial charge in [-0.1, -0.05) is 19.8 Å². The number of unbranched alkanes of at least 4 members (excludes halogenated alkanes) is 2. The van der Waals surface area contributed by atoms with Crippen LogP contribution in [0.15, 0.2) is 24.7 Å². The van der Waals surface area contributed by atoms with Gasteiger partial charge in [0.2, 0.25) is 5.95 Å². The number of imidazole rings is 1. The van der Waals surface area contributed by atoms with Crippen molar-refractivity contribution < 1.29 is 4.79 Å². The molecule has 6 rings (SSSR count). The fourth-order valence-electron chi connectivity index (χ4n) is 6.41. The number of primary amides is 1. The van der Waals surface area contributed by atoms with E-state index in [1.165, 1.54) is 25.9 Å². The Kier molecular flexibility index (Phi) is 7.59. The van der Waals surface area contributed by atoms with E-state index in [2.05, 4.69) is 49.4 Å². The van der Waals surface area contributed by atoms with E-state index in [0.29, 0.717) is 29.8 Å². The fraction of sp³-hybridized carbons (Fsp3) is 0.607. The van der Waals surface area contributed by atoms with Crippen LogP contribution in [0.1, 0.15) is 57.9 Å². The zero-order chi connectivity index (χ0) is 27.5. The van der Waals surface area contributed by atoms with Crippen LogP contribution in [0.3, 0.4) is 0 Å². The van der Waals surface area contributed by atoms with Crippen molar-refractivity contribution in [3.8, 4) is 0 Å². The molecular formula is C28H41N11O. The highest BCUT2D eigenvalue weighted by Crippen LogP contribution is 2.41. The van der Waals surface area contributed by atoms with Crippen molar-refractivity contribution in [1.82, 2.24) is 34.7 Å². The Hall–Kier alpha value is -3.67. The lowest BCUT2D eigenvalue weighted by Crippen LogP contribution is -2.72. The van der Waals surface area contributed by atoms with Gasteiger partial charge in [0.25, 0.3) is 0 Å². The minimum atomic E-state index is -0.477. The maximum Gasteiger partial charge on any atom is 0.312 e. The van der Waals surface area contributed by atoms with Gasteiger partial charge in [-0.2, -0.15) is 9.97 Å². The molecule has 0 aromatic carbocycles. The SMILES string of the molecule is CCN1CC2(C1)CN(c1ccc(Nc3nc(NCCCCCNC(N)=O)nc4c3ncn4C3CCCC3)cn1)C2. The minimum absolute atomic E-state index is 0.430. The number of anilines is 4. The number of nitrogens with zero attached hydrogens (tertiary/aromatic N) is 7. The highest BCUT2D eigenvalue weighted by atomic mass is 16.2. The fourth-order valence-corrected chi connectivity index (χ4v) is 6.41. The number of amides is 2. The van der Waals surface area contributed by atoms with Crippen molar-refractivity contribution in [2.75, 3.05) is 61.3 Å². The van der Waals surface area contributed by atoms with E-state index in [1.807, 2.05) is 12.5 Å². The summed E-state index contributed by atoms with van der Waals surface area (Å²) in [5, 5.41) is 9.49. The topological polar surface area (TPSA) is 142 Å². The summed E-state index contributed by atoms with van der Waals surface area (Å²) in [6.45, 7) is 9.30. The monoisotopic (exact) mass is 547 g/mol. The summed E-state index contributed by atoms with van der Waals surface area (Å²) in [7, 11) is 0. The van der Waals surface area contributed by atoms with Gasteiger partial charge in [-0.3, -0.25) is 0 Å². The molecule has 1 saturated carbocycles. The number of carbonyl (C=O) groups excluding carboxylic acids is 1. The van der Waals surface area contributed by atoms with Crippen molar-refractivity contribution in [3.63, 3.8) is 0 Å². The third-order valence-corrected chi connectivity index (χ3v) is 8.53. The second-order valence-electron chi connectivity index (χ2n) is 11.6. The largest absolute Gasteiger partial charge is 0.355 e. The number of rotatable bonds is 12. The molecule has 5 heterocycles. The van der Waals surface area contributed by atoms with E-state index in [4.69, 9.17) is 25.7 Å². The number of carbonyl (C=O) groups is 1. The molecule has 3 aromatic rings. The molecule has 2 saturated heterocycles. The number of pyridine rings is 1. The van der Waals surface area contributed by atoms with Gasteiger partial charge >= 0.3 is 6.03 Å². The molecule has 2 amide bonds. The molecule has 0 radical (unpaired) electrons. The lowest BCUT2D eigenvalue weighted by molar-refractivity contribution is -0.0181. The van der Waals surface area contributed by atoms with E-state index in [1.54, 1.807) is 0 Å². The second-order valence-corrected chi connectivity index (χ2v) is 11.6. The van der Waals surface area contributed by atoms with Crippen molar-refractivity contribution in [2.45, 2.75) is 57.9 Å². The van der Waals surface area contributed by atoms with Crippen LogP contribution >= 0.6 is 0 Å². The number of hydrogen-bond donors (Lipinski definition) is 4. The number of likely N-dealkylation sites (tertiary alicyclic amines) is 1. The Labute approximate surface area is 235 Å². The molecule has 3 aromatic heterocycles. The highest BCUT2D eigenvalue weighted by Gasteiger charge is 2.51. The number of fused-ring (bicyclic) bond motifs is 1. The Morgan fingerprint density at radius 1 is 1.05 bits per heavy atom. The summed E-state index contributed by atoms with van der Waals surface area (Å²) in [5.74, 6) is 2.29. The van der Waals surface area contributed by atoms with Gasteiger partial charge in [-0.25, -0.2) is 14.8 Å². The first kappa shape index (κ1) is 26.5. The van der Waals surface area contributed by atoms with E-state index < -0.39 is 6.03 Å². The molecule has 40 heavy (non-hydrogen) atoms. The van der Waals surface area contributed by atoms with E-state index in [0.717, 1.165) is 81.0 Å². The van der Waals surface area contributed by atoms with Crippen molar-refractivity contribution in [1.29, 1.82) is 0 Å². The number of aromatic nitrogens is 5. The average molecular weight is 548 g/mol. The Balaban J connectivity index is 1.13. The molecule has 3 aliphatic rings. The third kappa shape index (κ3) is 5.63. The first-order valence-electron chi connectivity index (χ1n) is 14.7. The molecule has 3 fully saturated rings. The summed E-state index contributed by atoms with van der Waals surface area (Å²) in [4.78, 5) is 34.9. The number of urea groups is 1. The van der Waals surface area contributed by atoms with Crippen LogP contribution in [-0.4, -0.2) is 81.2 Å². The predicted octanol–water partition coefficient (Wildman–Crippen LogP) is 3.47. The first-order valence-corrected chi connectivity index (χ1v) is 14.7. The highest BCUT2D eigenvalue weighted by molar-refractivity contribution is 5.86. The average Bonchev–Trinajstić information content (AvgIpc) is 3.58. The third-order valence-electron chi connectivity index (χ3n) is 8.53.